The van der Waals surface area contributed by atoms with Gasteiger partial charge in [-0.2, -0.15) is 0 Å². The van der Waals surface area contributed by atoms with Crippen LogP contribution in [0.15, 0.2) is 33.7 Å². The van der Waals surface area contributed by atoms with Gasteiger partial charge in [0.25, 0.3) is 0 Å². The van der Waals surface area contributed by atoms with Gasteiger partial charge in [0, 0.05) is 39.2 Å². The maximum atomic E-state index is 12.9. The number of nitrogens with one attached hydrogen (secondary N) is 1. The van der Waals surface area contributed by atoms with Gasteiger partial charge in [0.05, 0.1) is 17.7 Å². The summed E-state index contributed by atoms with van der Waals surface area (Å²) in [7, 11) is -1.90. The predicted molar refractivity (Wildman–Crippen MR) is 103 cm³/mol. The fourth-order valence-corrected chi connectivity index (χ4v) is 4.73. The van der Waals surface area contributed by atoms with E-state index in [2.05, 4.69) is 14.6 Å². The minimum absolute atomic E-state index is 0.281. The van der Waals surface area contributed by atoms with Crippen molar-refractivity contribution in [3.63, 3.8) is 0 Å². The number of likely N-dealkylation sites (tertiary alicyclic amines) is 1. The van der Waals surface area contributed by atoms with E-state index in [1.54, 1.807) is 39.3 Å². The number of aryl methyl sites for hydroxylation is 2. The van der Waals surface area contributed by atoms with E-state index >= 15 is 0 Å². The van der Waals surface area contributed by atoms with Crippen LogP contribution < -0.4 is 4.72 Å². The summed E-state index contributed by atoms with van der Waals surface area (Å²) in [5, 5.41) is 0. The zero-order chi connectivity index (χ0) is 19.4. The van der Waals surface area contributed by atoms with Gasteiger partial charge in [-0.1, -0.05) is 12.1 Å². The van der Waals surface area contributed by atoms with E-state index in [9.17, 15) is 8.42 Å². The van der Waals surface area contributed by atoms with Crippen molar-refractivity contribution in [1.82, 2.24) is 14.6 Å². The maximum Gasteiger partial charge on any atom is 0.240 e. The number of oxazole rings is 1. The minimum Gasteiger partial charge on any atom is -0.441 e. The Morgan fingerprint density at radius 3 is 2.89 bits per heavy atom. The average Bonchev–Trinajstić information content (AvgIpc) is 3.27. The first-order chi connectivity index (χ1) is 12.9. The van der Waals surface area contributed by atoms with Crippen molar-refractivity contribution in [2.45, 2.75) is 25.2 Å². The summed E-state index contributed by atoms with van der Waals surface area (Å²) >= 11 is 0. The molecule has 7 nitrogen and oxygen atoms in total. The summed E-state index contributed by atoms with van der Waals surface area (Å²) in [6.45, 7) is 7.46. The second kappa shape index (κ2) is 8.52. The molecule has 1 fully saturated rings. The number of methoxy groups -OCH3 is 1. The van der Waals surface area contributed by atoms with Gasteiger partial charge in [-0.3, -0.25) is 0 Å². The van der Waals surface area contributed by atoms with Gasteiger partial charge in [0.15, 0.2) is 11.7 Å². The second-order valence-electron chi connectivity index (χ2n) is 7.02. The molecule has 1 aliphatic heterocycles. The van der Waals surface area contributed by atoms with E-state index in [-0.39, 0.29) is 4.90 Å². The molecule has 1 aromatic carbocycles. The third-order valence-corrected chi connectivity index (χ3v) is 6.49. The number of hydrogen-bond donors (Lipinski definition) is 1. The Bertz CT molecular complexity index is 879. The number of benzene rings is 1. The van der Waals surface area contributed by atoms with Gasteiger partial charge in [-0.15, -0.1) is 0 Å². The van der Waals surface area contributed by atoms with Crippen LogP contribution in [0.4, 0.5) is 0 Å². The highest BCUT2D eigenvalue weighted by atomic mass is 32.2. The van der Waals surface area contributed by atoms with Gasteiger partial charge in [-0.05, 0) is 37.4 Å². The lowest BCUT2D eigenvalue weighted by molar-refractivity contribution is 0.159. The predicted octanol–water partition coefficient (Wildman–Crippen LogP) is 2.21. The topological polar surface area (TPSA) is 84.7 Å². The zero-order valence-corrected chi connectivity index (χ0v) is 16.9. The highest BCUT2D eigenvalue weighted by molar-refractivity contribution is 7.89. The number of sulfonamides is 1. The Morgan fingerprint density at radius 2 is 2.19 bits per heavy atom. The first kappa shape index (κ1) is 20.0. The Hall–Kier alpha value is -1.74. The molecule has 1 N–H and O–H groups in total. The smallest absolute Gasteiger partial charge is 0.240 e. The SMILES string of the molecule is COCCN1CC[C@@H](CNS(=O)(=O)c2cc(-c3cnc(C)o3)ccc2C)C1. The van der Waals surface area contributed by atoms with Crippen LogP contribution in [0.5, 0.6) is 0 Å². The van der Waals surface area contributed by atoms with Crippen molar-refractivity contribution in [3.8, 4) is 11.3 Å². The van der Waals surface area contributed by atoms with Crippen molar-refractivity contribution in [3.05, 3.63) is 35.9 Å². The number of hydrogen-bond acceptors (Lipinski definition) is 6. The number of ether oxygens (including phenoxy) is 1. The molecule has 0 amide bonds. The molecule has 1 aliphatic rings. The molecular formula is C19H27N3O4S. The third kappa shape index (κ3) is 4.95. The van der Waals surface area contributed by atoms with Crippen LogP contribution in [0.25, 0.3) is 11.3 Å². The molecule has 1 aromatic heterocycles. The normalized spacial score (nSPS) is 18.3. The number of aromatic nitrogens is 1. The molecule has 2 heterocycles. The van der Waals surface area contributed by atoms with Crippen LogP contribution >= 0.6 is 0 Å². The van der Waals surface area contributed by atoms with Crippen LogP contribution in [0.3, 0.4) is 0 Å². The van der Waals surface area contributed by atoms with E-state index in [1.165, 1.54) is 0 Å². The second-order valence-corrected chi connectivity index (χ2v) is 8.76. The van der Waals surface area contributed by atoms with E-state index in [0.29, 0.717) is 41.8 Å². The first-order valence-electron chi connectivity index (χ1n) is 9.13. The molecule has 27 heavy (non-hydrogen) atoms. The molecule has 3 rings (SSSR count). The Labute approximate surface area is 160 Å². The number of nitrogens with zero attached hydrogens (tertiary/aromatic N) is 2. The highest BCUT2D eigenvalue weighted by Gasteiger charge is 2.25. The lowest BCUT2D eigenvalue weighted by atomic mass is 10.1. The lowest BCUT2D eigenvalue weighted by Crippen LogP contribution is -2.32. The fourth-order valence-electron chi connectivity index (χ4n) is 3.35. The van der Waals surface area contributed by atoms with Gasteiger partial charge in [0.2, 0.25) is 10.0 Å². The first-order valence-corrected chi connectivity index (χ1v) is 10.6. The molecule has 0 spiro atoms. The maximum absolute atomic E-state index is 12.9. The Kier molecular flexibility index (Phi) is 6.31. The molecule has 0 bridgehead atoms. The van der Waals surface area contributed by atoms with E-state index in [0.717, 1.165) is 26.1 Å². The summed E-state index contributed by atoms with van der Waals surface area (Å²) in [5.41, 5.74) is 1.41. The standard InChI is InChI=1S/C19H27N3O4S/c1-14-4-5-17(18-12-20-15(2)26-18)10-19(14)27(23,24)21-11-16-6-7-22(13-16)8-9-25-3/h4-5,10,12,16,21H,6-9,11,13H2,1-3H3/t16-/m0/s1. The quantitative estimate of drug-likeness (QED) is 0.740. The Balaban J connectivity index is 1.68. The third-order valence-electron chi connectivity index (χ3n) is 4.93. The highest BCUT2D eigenvalue weighted by Crippen LogP contribution is 2.26. The van der Waals surface area contributed by atoms with E-state index in [4.69, 9.17) is 9.15 Å². The van der Waals surface area contributed by atoms with Gasteiger partial charge in [-0.25, -0.2) is 18.1 Å². The zero-order valence-electron chi connectivity index (χ0n) is 16.1. The van der Waals surface area contributed by atoms with Crippen molar-refractivity contribution in [2.24, 2.45) is 5.92 Å². The van der Waals surface area contributed by atoms with E-state index in [1.807, 2.05) is 6.07 Å². The van der Waals surface area contributed by atoms with Crippen LogP contribution in [0, 0.1) is 19.8 Å². The largest absolute Gasteiger partial charge is 0.441 e. The van der Waals surface area contributed by atoms with Crippen molar-refractivity contribution in [1.29, 1.82) is 0 Å². The molecule has 0 aliphatic carbocycles. The molecular weight excluding hydrogens is 366 g/mol. The molecule has 0 unspecified atom stereocenters. The molecule has 8 heteroatoms. The van der Waals surface area contributed by atoms with Crippen LogP contribution in [0.2, 0.25) is 0 Å². The molecule has 0 radical (unpaired) electrons. The van der Waals surface area contributed by atoms with E-state index < -0.39 is 10.0 Å². The van der Waals surface area contributed by atoms with Crippen LogP contribution in [0.1, 0.15) is 17.9 Å². The summed E-state index contributed by atoms with van der Waals surface area (Å²) in [6, 6.07) is 5.29. The minimum atomic E-state index is -3.59. The lowest BCUT2D eigenvalue weighted by Gasteiger charge is -2.16. The summed E-state index contributed by atoms with van der Waals surface area (Å²) in [6.07, 6.45) is 2.60. The van der Waals surface area contributed by atoms with Crippen molar-refractivity contribution < 1.29 is 17.6 Å². The van der Waals surface area contributed by atoms with Gasteiger partial charge in [0.1, 0.15) is 0 Å². The fraction of sp³-hybridized carbons (Fsp3) is 0.526. The number of rotatable bonds is 8. The van der Waals surface area contributed by atoms with Crippen LogP contribution in [-0.2, 0) is 14.8 Å². The van der Waals surface area contributed by atoms with Crippen LogP contribution in [-0.4, -0.2) is 58.2 Å². The summed E-state index contributed by atoms with van der Waals surface area (Å²) in [5.74, 6) is 1.43. The van der Waals surface area contributed by atoms with Crippen molar-refractivity contribution >= 4 is 10.0 Å². The monoisotopic (exact) mass is 393 g/mol. The van der Waals surface area contributed by atoms with Gasteiger partial charge < -0.3 is 14.1 Å². The summed E-state index contributed by atoms with van der Waals surface area (Å²) < 4.78 is 39.1. The average molecular weight is 394 g/mol. The van der Waals surface area contributed by atoms with Crippen molar-refractivity contribution in [2.75, 3.05) is 39.9 Å². The molecule has 1 saturated heterocycles. The molecule has 0 saturated carbocycles. The Morgan fingerprint density at radius 1 is 1.37 bits per heavy atom. The molecule has 2 aromatic rings. The summed E-state index contributed by atoms with van der Waals surface area (Å²) in [4.78, 5) is 6.67. The van der Waals surface area contributed by atoms with Gasteiger partial charge >= 0.3 is 0 Å². The molecule has 148 valence electrons. The molecule has 1 atom stereocenters.